The van der Waals surface area contributed by atoms with Gasteiger partial charge in [-0.3, -0.25) is 0 Å². The zero-order valence-electron chi connectivity index (χ0n) is 18.4. The van der Waals surface area contributed by atoms with E-state index in [1.807, 2.05) is 38.1 Å². The number of aromatic nitrogens is 2. The second-order valence-electron chi connectivity index (χ2n) is 7.71. The van der Waals surface area contributed by atoms with Gasteiger partial charge in [0.2, 0.25) is 21.8 Å². The lowest BCUT2D eigenvalue weighted by molar-refractivity contribution is 0.291. The molecule has 1 fully saturated rings. The Morgan fingerprint density at radius 1 is 1.09 bits per heavy atom. The van der Waals surface area contributed by atoms with E-state index in [2.05, 4.69) is 10.2 Å². The Labute approximate surface area is 188 Å². The minimum absolute atomic E-state index is 0.0306. The summed E-state index contributed by atoms with van der Waals surface area (Å²) in [5.41, 5.74) is 1.62. The maximum Gasteiger partial charge on any atom is 0.247 e. The van der Waals surface area contributed by atoms with Crippen molar-refractivity contribution in [1.29, 1.82) is 0 Å². The summed E-state index contributed by atoms with van der Waals surface area (Å²) in [6.45, 7) is 5.10. The molecule has 9 heteroatoms. The number of sulfonamides is 1. The highest BCUT2D eigenvalue weighted by molar-refractivity contribution is 7.89. The second kappa shape index (κ2) is 9.30. The second-order valence-corrected chi connectivity index (χ2v) is 9.65. The van der Waals surface area contributed by atoms with Crippen LogP contribution in [-0.2, 0) is 10.0 Å². The molecule has 1 saturated heterocycles. The molecule has 0 N–H and O–H groups in total. The van der Waals surface area contributed by atoms with Crippen LogP contribution >= 0.6 is 0 Å². The average molecular weight is 458 g/mol. The molecule has 0 spiro atoms. The van der Waals surface area contributed by atoms with Crippen molar-refractivity contribution in [1.82, 2.24) is 14.5 Å². The number of piperidine rings is 1. The molecule has 170 valence electrons. The zero-order chi connectivity index (χ0) is 22.7. The molecule has 0 radical (unpaired) electrons. The Bertz CT molecular complexity index is 1170. The third kappa shape index (κ3) is 4.49. The van der Waals surface area contributed by atoms with Crippen LogP contribution < -0.4 is 9.47 Å². The van der Waals surface area contributed by atoms with Gasteiger partial charge in [0, 0.05) is 24.6 Å². The van der Waals surface area contributed by atoms with E-state index in [0.717, 1.165) is 16.9 Å². The summed E-state index contributed by atoms with van der Waals surface area (Å²) in [6.07, 6.45) is 1.25. The predicted molar refractivity (Wildman–Crippen MR) is 119 cm³/mol. The van der Waals surface area contributed by atoms with Crippen LogP contribution in [0.2, 0.25) is 0 Å². The molecule has 32 heavy (non-hydrogen) atoms. The van der Waals surface area contributed by atoms with E-state index in [4.69, 9.17) is 13.9 Å². The van der Waals surface area contributed by atoms with Crippen LogP contribution in [0, 0.1) is 6.92 Å². The van der Waals surface area contributed by atoms with E-state index in [1.54, 1.807) is 25.3 Å². The fourth-order valence-electron chi connectivity index (χ4n) is 3.84. The van der Waals surface area contributed by atoms with Gasteiger partial charge >= 0.3 is 0 Å². The van der Waals surface area contributed by atoms with Crippen LogP contribution in [-0.4, -0.2) is 49.7 Å². The third-order valence-corrected chi connectivity index (χ3v) is 7.56. The predicted octanol–water partition coefficient (Wildman–Crippen LogP) is 4.02. The van der Waals surface area contributed by atoms with Crippen molar-refractivity contribution in [2.75, 3.05) is 26.8 Å². The summed E-state index contributed by atoms with van der Waals surface area (Å²) in [5.74, 6) is 2.48. The van der Waals surface area contributed by atoms with Gasteiger partial charge in [0.25, 0.3) is 0 Å². The molecule has 1 aliphatic rings. The fourth-order valence-corrected chi connectivity index (χ4v) is 5.40. The number of methoxy groups -OCH3 is 1. The zero-order valence-corrected chi connectivity index (χ0v) is 19.3. The quantitative estimate of drug-likeness (QED) is 0.529. The Hall–Kier alpha value is -2.91. The smallest absolute Gasteiger partial charge is 0.247 e. The first kappa shape index (κ1) is 22.3. The Morgan fingerprint density at radius 3 is 2.44 bits per heavy atom. The molecular weight excluding hydrogens is 430 g/mol. The third-order valence-electron chi connectivity index (χ3n) is 5.66. The number of hydrogen-bond acceptors (Lipinski definition) is 7. The maximum atomic E-state index is 13.1. The van der Waals surface area contributed by atoms with Crippen LogP contribution in [0.1, 0.15) is 37.1 Å². The minimum atomic E-state index is -3.57. The van der Waals surface area contributed by atoms with Crippen molar-refractivity contribution >= 4 is 10.0 Å². The summed E-state index contributed by atoms with van der Waals surface area (Å²) in [5, 5.41) is 8.38. The van der Waals surface area contributed by atoms with Gasteiger partial charge in [-0.25, -0.2) is 8.42 Å². The lowest BCUT2D eigenvalue weighted by Gasteiger charge is -2.29. The van der Waals surface area contributed by atoms with Crippen molar-refractivity contribution in [3.63, 3.8) is 0 Å². The van der Waals surface area contributed by atoms with Gasteiger partial charge < -0.3 is 13.9 Å². The first-order valence-electron chi connectivity index (χ1n) is 10.6. The molecule has 2 aromatic carbocycles. The minimum Gasteiger partial charge on any atom is -0.497 e. The highest BCUT2D eigenvalue weighted by Gasteiger charge is 2.32. The van der Waals surface area contributed by atoms with Crippen LogP contribution in [0.15, 0.2) is 51.8 Å². The molecule has 0 aliphatic carbocycles. The summed E-state index contributed by atoms with van der Waals surface area (Å²) in [7, 11) is -1.95. The van der Waals surface area contributed by atoms with Gasteiger partial charge in [-0.15, -0.1) is 10.2 Å². The largest absolute Gasteiger partial charge is 0.497 e. The van der Waals surface area contributed by atoms with Gasteiger partial charge in [0.05, 0.1) is 18.6 Å². The summed E-state index contributed by atoms with van der Waals surface area (Å²) in [4.78, 5) is 0.288. The molecule has 0 unspecified atom stereocenters. The Morgan fingerprint density at radius 2 is 1.81 bits per heavy atom. The van der Waals surface area contributed by atoms with Crippen LogP contribution in [0.3, 0.4) is 0 Å². The molecular formula is C23H27N3O5S. The molecule has 0 amide bonds. The van der Waals surface area contributed by atoms with E-state index in [9.17, 15) is 8.42 Å². The topological polar surface area (TPSA) is 94.8 Å². The highest BCUT2D eigenvalue weighted by Crippen LogP contribution is 2.32. The summed E-state index contributed by atoms with van der Waals surface area (Å²) < 4.78 is 44.3. The van der Waals surface area contributed by atoms with Crippen molar-refractivity contribution in [3.8, 4) is 23.0 Å². The summed E-state index contributed by atoms with van der Waals surface area (Å²) in [6, 6.07) is 12.4. The van der Waals surface area contributed by atoms with E-state index in [-0.39, 0.29) is 10.8 Å². The monoisotopic (exact) mass is 457 g/mol. The van der Waals surface area contributed by atoms with Crippen molar-refractivity contribution < 1.29 is 22.3 Å². The standard InChI is InChI=1S/C23H27N3O5S/c1-4-30-21-10-9-20(15-16(21)2)32(27,28)26-13-11-18(12-14-26)23-25-24-22(31-23)17-5-7-19(29-3)8-6-17/h5-10,15,18H,4,11-14H2,1-3H3. The lowest BCUT2D eigenvalue weighted by Crippen LogP contribution is -2.38. The number of hydrogen-bond donors (Lipinski definition) is 0. The number of benzene rings is 2. The van der Waals surface area contributed by atoms with E-state index < -0.39 is 10.0 Å². The molecule has 0 atom stereocenters. The summed E-state index contributed by atoms with van der Waals surface area (Å²) >= 11 is 0. The molecule has 0 bridgehead atoms. The van der Waals surface area contributed by atoms with E-state index in [1.165, 1.54) is 4.31 Å². The number of nitrogens with zero attached hydrogens (tertiary/aromatic N) is 3. The van der Waals surface area contributed by atoms with Crippen LogP contribution in [0.4, 0.5) is 0 Å². The Balaban J connectivity index is 1.42. The van der Waals surface area contributed by atoms with Crippen molar-refractivity contribution in [2.45, 2.75) is 37.5 Å². The number of ether oxygens (including phenoxy) is 2. The van der Waals surface area contributed by atoms with E-state index >= 15 is 0 Å². The molecule has 3 aromatic rings. The van der Waals surface area contributed by atoms with Crippen molar-refractivity contribution in [3.05, 3.63) is 53.9 Å². The van der Waals surface area contributed by atoms with Crippen LogP contribution in [0.5, 0.6) is 11.5 Å². The highest BCUT2D eigenvalue weighted by atomic mass is 32.2. The van der Waals surface area contributed by atoms with Gasteiger partial charge in [0.1, 0.15) is 11.5 Å². The molecule has 4 rings (SSSR count). The number of aryl methyl sites for hydroxylation is 1. The maximum absolute atomic E-state index is 13.1. The fraction of sp³-hybridized carbons (Fsp3) is 0.391. The molecule has 1 aromatic heterocycles. The normalized spacial score (nSPS) is 15.6. The first-order chi connectivity index (χ1) is 15.4. The SMILES string of the molecule is CCOc1ccc(S(=O)(=O)N2CCC(c3nnc(-c4ccc(OC)cc4)o3)CC2)cc1C. The van der Waals surface area contributed by atoms with Gasteiger partial charge in [0.15, 0.2) is 0 Å². The average Bonchev–Trinajstić information content (AvgIpc) is 3.31. The molecule has 1 aliphatic heterocycles. The van der Waals surface area contributed by atoms with Crippen LogP contribution in [0.25, 0.3) is 11.5 Å². The van der Waals surface area contributed by atoms with Gasteiger partial charge in [-0.2, -0.15) is 4.31 Å². The molecule has 8 nitrogen and oxygen atoms in total. The Kier molecular flexibility index (Phi) is 6.48. The molecule has 0 saturated carbocycles. The van der Waals surface area contributed by atoms with E-state index in [0.29, 0.717) is 50.1 Å². The lowest BCUT2D eigenvalue weighted by atomic mass is 9.98. The van der Waals surface area contributed by atoms with Crippen molar-refractivity contribution in [2.24, 2.45) is 0 Å². The first-order valence-corrected chi connectivity index (χ1v) is 12.1. The van der Waals surface area contributed by atoms with Gasteiger partial charge in [-0.1, -0.05) is 0 Å². The number of rotatable bonds is 7. The molecule has 2 heterocycles. The van der Waals surface area contributed by atoms with Gasteiger partial charge in [-0.05, 0) is 74.7 Å².